The third-order valence-electron chi connectivity index (χ3n) is 3.55. The highest BCUT2D eigenvalue weighted by Crippen LogP contribution is 2.31. The molecule has 2 aromatic carbocycles. The van der Waals surface area contributed by atoms with Crippen LogP contribution in [0, 0.1) is 24.0 Å². The van der Waals surface area contributed by atoms with Gasteiger partial charge < -0.3 is 0 Å². The van der Waals surface area contributed by atoms with Crippen molar-refractivity contribution in [2.45, 2.75) is 18.7 Å². The van der Waals surface area contributed by atoms with Crippen molar-refractivity contribution in [1.82, 2.24) is 0 Å². The maximum atomic E-state index is 13.1. The molecule has 126 valence electrons. The summed E-state index contributed by atoms with van der Waals surface area (Å²) in [4.78, 5) is 10.2. The van der Waals surface area contributed by atoms with Crippen LogP contribution in [0.2, 0.25) is 0 Å². The number of nitro benzene ring substituents is 1. The first-order valence-corrected chi connectivity index (χ1v) is 8.67. The summed E-state index contributed by atoms with van der Waals surface area (Å²) in [7, 11) is -4.11. The molecule has 0 fully saturated rings. The van der Waals surface area contributed by atoms with Crippen LogP contribution < -0.4 is 4.31 Å². The monoisotopic (exact) mass is 346 g/mol. The molecule has 0 N–H and O–H groups in total. The van der Waals surface area contributed by atoms with Gasteiger partial charge in [0.25, 0.3) is 15.7 Å². The molecule has 0 aromatic heterocycles. The summed E-state index contributed by atoms with van der Waals surface area (Å²) in [6.07, 6.45) is 1.45. The van der Waals surface area contributed by atoms with Gasteiger partial charge in [-0.25, -0.2) is 8.42 Å². The summed E-state index contributed by atoms with van der Waals surface area (Å²) < 4.78 is 27.3. The van der Waals surface area contributed by atoms with Gasteiger partial charge in [-0.15, -0.1) is 6.58 Å². The van der Waals surface area contributed by atoms with Crippen molar-refractivity contribution < 1.29 is 13.3 Å². The Labute approximate surface area is 141 Å². The molecule has 0 aliphatic heterocycles. The fraction of sp³-hybridized carbons (Fsp3) is 0.176. The van der Waals surface area contributed by atoms with Crippen molar-refractivity contribution in [3.8, 4) is 0 Å². The largest absolute Gasteiger partial charge is 0.289 e. The van der Waals surface area contributed by atoms with Crippen LogP contribution in [0.15, 0.2) is 60.0 Å². The van der Waals surface area contributed by atoms with Crippen LogP contribution in [-0.4, -0.2) is 19.9 Å². The Kier molecular flexibility index (Phi) is 5.04. The van der Waals surface area contributed by atoms with E-state index in [0.29, 0.717) is 5.69 Å². The summed E-state index contributed by atoms with van der Waals surface area (Å²) >= 11 is 0. The number of hydrogen-bond acceptors (Lipinski definition) is 4. The van der Waals surface area contributed by atoms with Crippen LogP contribution in [0.4, 0.5) is 11.4 Å². The molecule has 0 heterocycles. The van der Waals surface area contributed by atoms with Gasteiger partial charge in [0.05, 0.1) is 17.2 Å². The van der Waals surface area contributed by atoms with Crippen molar-refractivity contribution in [3.05, 3.63) is 76.4 Å². The predicted molar refractivity (Wildman–Crippen MR) is 93.7 cm³/mol. The van der Waals surface area contributed by atoms with Crippen molar-refractivity contribution in [2.24, 2.45) is 0 Å². The predicted octanol–water partition coefficient (Wildman–Crippen LogP) is 3.59. The molecule has 0 saturated carbocycles. The van der Waals surface area contributed by atoms with E-state index in [4.69, 9.17) is 0 Å². The first kappa shape index (κ1) is 17.7. The molecule has 2 rings (SSSR count). The van der Waals surface area contributed by atoms with E-state index in [1.54, 1.807) is 19.1 Å². The van der Waals surface area contributed by atoms with Crippen molar-refractivity contribution in [3.63, 3.8) is 0 Å². The van der Waals surface area contributed by atoms with Gasteiger partial charge in [-0.05, 0) is 31.5 Å². The summed E-state index contributed by atoms with van der Waals surface area (Å²) in [5.41, 5.74) is 1.78. The SMILES string of the molecule is C=CCN(c1ccc(C)cc1C)S(=O)(=O)c1ccccc1[N+](=O)[O-]. The van der Waals surface area contributed by atoms with E-state index in [2.05, 4.69) is 6.58 Å². The smallest absolute Gasteiger partial charge is 0.262 e. The first-order valence-electron chi connectivity index (χ1n) is 7.23. The van der Waals surface area contributed by atoms with Crippen molar-refractivity contribution in [1.29, 1.82) is 0 Å². The highest BCUT2D eigenvalue weighted by molar-refractivity contribution is 7.93. The van der Waals surface area contributed by atoms with Gasteiger partial charge in [0.1, 0.15) is 0 Å². The standard InChI is InChI=1S/C17H18N2O4S/c1-4-11-18(15-10-9-13(2)12-14(15)3)24(22,23)17-8-6-5-7-16(17)19(20)21/h4-10,12H,1,11H2,2-3H3. The minimum absolute atomic E-state index is 0.0122. The van der Waals surface area contributed by atoms with E-state index in [1.165, 1.54) is 30.3 Å². The van der Waals surface area contributed by atoms with Gasteiger partial charge in [0, 0.05) is 6.07 Å². The fourth-order valence-electron chi connectivity index (χ4n) is 2.47. The Balaban J connectivity index is 2.67. The van der Waals surface area contributed by atoms with E-state index in [9.17, 15) is 18.5 Å². The zero-order valence-corrected chi connectivity index (χ0v) is 14.3. The van der Waals surface area contributed by atoms with E-state index in [0.717, 1.165) is 15.4 Å². The molecule has 0 radical (unpaired) electrons. The maximum Gasteiger partial charge on any atom is 0.289 e. The molecule has 0 aliphatic carbocycles. The second-order valence-corrected chi connectivity index (χ2v) is 7.17. The molecule has 6 nitrogen and oxygen atoms in total. The van der Waals surface area contributed by atoms with Crippen molar-refractivity contribution >= 4 is 21.4 Å². The molecule has 2 aromatic rings. The van der Waals surface area contributed by atoms with E-state index in [1.807, 2.05) is 13.0 Å². The van der Waals surface area contributed by atoms with E-state index in [-0.39, 0.29) is 11.4 Å². The van der Waals surface area contributed by atoms with Gasteiger partial charge in [0.15, 0.2) is 4.90 Å². The Bertz CT molecular complexity index is 891. The lowest BCUT2D eigenvalue weighted by molar-refractivity contribution is -0.387. The highest BCUT2D eigenvalue weighted by atomic mass is 32.2. The Hall–Kier alpha value is -2.67. The molecule has 0 amide bonds. The van der Waals surface area contributed by atoms with Crippen LogP contribution in [0.3, 0.4) is 0 Å². The number of nitrogens with zero attached hydrogens (tertiary/aromatic N) is 2. The lowest BCUT2D eigenvalue weighted by Crippen LogP contribution is -2.32. The number of nitro groups is 1. The molecule has 24 heavy (non-hydrogen) atoms. The molecule has 0 spiro atoms. The molecule has 7 heteroatoms. The summed E-state index contributed by atoms with van der Waals surface area (Å²) in [6, 6.07) is 10.7. The number of para-hydroxylation sites is 1. The summed E-state index contributed by atoms with van der Waals surface area (Å²) in [5, 5.41) is 11.2. The van der Waals surface area contributed by atoms with Crippen molar-refractivity contribution in [2.75, 3.05) is 10.8 Å². The second kappa shape index (κ2) is 6.84. The Morgan fingerprint density at radius 1 is 1.21 bits per heavy atom. The topological polar surface area (TPSA) is 80.5 Å². The lowest BCUT2D eigenvalue weighted by atomic mass is 10.1. The number of aryl methyl sites for hydroxylation is 2. The molecule has 0 bridgehead atoms. The molecule has 0 aliphatic rings. The van der Waals surface area contributed by atoms with Crippen LogP contribution >= 0.6 is 0 Å². The van der Waals surface area contributed by atoms with E-state index >= 15 is 0 Å². The fourth-order valence-corrected chi connectivity index (χ4v) is 4.13. The van der Waals surface area contributed by atoms with Gasteiger partial charge in [-0.1, -0.05) is 35.9 Å². The molecule has 0 saturated heterocycles. The Morgan fingerprint density at radius 2 is 1.88 bits per heavy atom. The molecule has 0 atom stereocenters. The second-order valence-electron chi connectivity index (χ2n) is 5.34. The zero-order valence-electron chi connectivity index (χ0n) is 13.5. The minimum atomic E-state index is -4.11. The third-order valence-corrected chi connectivity index (χ3v) is 5.37. The number of sulfonamides is 1. The summed E-state index contributed by atoms with van der Waals surface area (Å²) in [5.74, 6) is 0. The third kappa shape index (κ3) is 3.30. The minimum Gasteiger partial charge on any atom is -0.262 e. The first-order chi connectivity index (χ1) is 11.3. The van der Waals surface area contributed by atoms with E-state index < -0.39 is 20.6 Å². The van der Waals surface area contributed by atoms with Crippen LogP contribution in [-0.2, 0) is 10.0 Å². The average Bonchev–Trinajstić information content (AvgIpc) is 2.53. The van der Waals surface area contributed by atoms with Gasteiger partial charge >= 0.3 is 0 Å². The number of benzene rings is 2. The maximum absolute atomic E-state index is 13.1. The quantitative estimate of drug-likeness (QED) is 0.455. The number of rotatable bonds is 6. The highest BCUT2D eigenvalue weighted by Gasteiger charge is 2.31. The van der Waals surface area contributed by atoms with Gasteiger partial charge in [-0.3, -0.25) is 14.4 Å². The Morgan fingerprint density at radius 3 is 2.46 bits per heavy atom. The number of hydrogen-bond donors (Lipinski definition) is 0. The lowest BCUT2D eigenvalue weighted by Gasteiger charge is -2.25. The van der Waals surface area contributed by atoms with Gasteiger partial charge in [0.2, 0.25) is 0 Å². The van der Waals surface area contributed by atoms with Crippen LogP contribution in [0.1, 0.15) is 11.1 Å². The number of anilines is 1. The van der Waals surface area contributed by atoms with Crippen LogP contribution in [0.5, 0.6) is 0 Å². The molecular formula is C17H18N2O4S. The summed E-state index contributed by atoms with van der Waals surface area (Å²) in [6.45, 7) is 7.32. The average molecular weight is 346 g/mol. The molecular weight excluding hydrogens is 328 g/mol. The van der Waals surface area contributed by atoms with Crippen LogP contribution in [0.25, 0.3) is 0 Å². The molecule has 0 unspecified atom stereocenters. The normalized spacial score (nSPS) is 11.1. The van der Waals surface area contributed by atoms with Gasteiger partial charge in [-0.2, -0.15) is 0 Å². The zero-order chi connectivity index (χ0) is 17.9.